The highest BCUT2D eigenvalue weighted by Crippen LogP contribution is 2.44. The Morgan fingerprint density at radius 1 is 1.06 bits per heavy atom. The van der Waals surface area contributed by atoms with Gasteiger partial charge in [0.15, 0.2) is 0 Å². The van der Waals surface area contributed by atoms with Crippen LogP contribution in [0.2, 0.25) is 0 Å². The number of ether oxygens (including phenoxy) is 1. The number of benzene rings is 2. The van der Waals surface area contributed by atoms with Gasteiger partial charge >= 0.3 is 12.1 Å². The summed E-state index contributed by atoms with van der Waals surface area (Å²) >= 11 is 0. The lowest BCUT2D eigenvalue weighted by atomic mass is 9.74. The number of nitrogens with one attached hydrogen (secondary N) is 2. The molecule has 8 heteroatoms. The molecule has 0 aromatic heterocycles. The number of fused-ring (bicyclic) bond motifs is 3. The van der Waals surface area contributed by atoms with Crippen LogP contribution < -0.4 is 10.6 Å². The molecule has 0 radical (unpaired) electrons. The van der Waals surface area contributed by atoms with E-state index in [9.17, 15) is 19.5 Å². The van der Waals surface area contributed by atoms with Crippen molar-refractivity contribution >= 4 is 18.0 Å². The minimum Gasteiger partial charge on any atom is -0.481 e. The number of nitrogens with zero attached hydrogens (tertiary/aromatic N) is 1. The molecule has 2 aliphatic rings. The number of alkyl carbamates (subject to hydrolysis) is 1. The van der Waals surface area contributed by atoms with Crippen LogP contribution in [-0.4, -0.2) is 66.8 Å². The fourth-order valence-corrected chi connectivity index (χ4v) is 5.03. The lowest BCUT2D eigenvalue weighted by molar-refractivity contribution is -0.140. The molecule has 186 valence electrons. The summed E-state index contributed by atoms with van der Waals surface area (Å²) in [6.07, 6.45) is 1.71. The highest BCUT2D eigenvalue weighted by atomic mass is 16.5. The first kappa shape index (κ1) is 24.7. The first-order chi connectivity index (χ1) is 16.8. The first-order valence-electron chi connectivity index (χ1n) is 12.1. The van der Waals surface area contributed by atoms with E-state index in [0.717, 1.165) is 28.7 Å². The van der Waals surface area contributed by atoms with Crippen LogP contribution in [0.15, 0.2) is 48.5 Å². The summed E-state index contributed by atoms with van der Waals surface area (Å²) in [6, 6.07) is 15.4. The average molecular weight is 480 g/mol. The van der Waals surface area contributed by atoms with Crippen molar-refractivity contribution in [2.24, 2.45) is 0 Å². The molecule has 1 atom stereocenters. The molecule has 35 heavy (non-hydrogen) atoms. The Morgan fingerprint density at radius 2 is 1.66 bits per heavy atom. The number of hydrogen-bond acceptors (Lipinski definition) is 5. The molecule has 0 saturated heterocycles. The number of rotatable bonds is 10. The van der Waals surface area contributed by atoms with Gasteiger partial charge in [-0.3, -0.25) is 9.59 Å². The van der Waals surface area contributed by atoms with Crippen molar-refractivity contribution in [1.29, 1.82) is 0 Å². The van der Waals surface area contributed by atoms with E-state index in [4.69, 9.17) is 4.74 Å². The molecule has 0 heterocycles. The van der Waals surface area contributed by atoms with Gasteiger partial charge < -0.3 is 25.4 Å². The molecule has 2 amide bonds. The van der Waals surface area contributed by atoms with Gasteiger partial charge in [-0.2, -0.15) is 0 Å². The van der Waals surface area contributed by atoms with E-state index in [2.05, 4.69) is 34.9 Å². The SMILES string of the molecule is CN(C)CCC(NC(=O)OCC1c2ccccc2-c2ccccc21)C(=O)NC1(CC(=O)O)CCC1. The minimum absolute atomic E-state index is 0.0731. The van der Waals surface area contributed by atoms with Crippen molar-refractivity contribution < 1.29 is 24.2 Å². The zero-order chi connectivity index (χ0) is 25.0. The fourth-order valence-electron chi connectivity index (χ4n) is 5.03. The molecule has 1 saturated carbocycles. The van der Waals surface area contributed by atoms with E-state index >= 15 is 0 Å². The van der Waals surface area contributed by atoms with Crippen molar-refractivity contribution in [3.8, 4) is 11.1 Å². The van der Waals surface area contributed by atoms with Gasteiger partial charge in [-0.1, -0.05) is 48.5 Å². The summed E-state index contributed by atoms with van der Waals surface area (Å²) in [5.74, 6) is -1.39. The van der Waals surface area contributed by atoms with E-state index in [0.29, 0.717) is 25.8 Å². The van der Waals surface area contributed by atoms with Crippen LogP contribution in [0.25, 0.3) is 11.1 Å². The molecule has 0 spiro atoms. The van der Waals surface area contributed by atoms with Gasteiger partial charge in [0.05, 0.1) is 12.0 Å². The summed E-state index contributed by atoms with van der Waals surface area (Å²) in [7, 11) is 3.78. The lowest BCUT2D eigenvalue weighted by Gasteiger charge is -2.42. The van der Waals surface area contributed by atoms with E-state index in [-0.39, 0.29) is 24.9 Å². The van der Waals surface area contributed by atoms with Gasteiger partial charge in [-0.15, -0.1) is 0 Å². The maximum atomic E-state index is 13.1. The van der Waals surface area contributed by atoms with Crippen molar-refractivity contribution in [3.63, 3.8) is 0 Å². The van der Waals surface area contributed by atoms with Gasteiger partial charge in [0.1, 0.15) is 12.6 Å². The number of carbonyl (C=O) groups excluding carboxylic acids is 2. The molecule has 0 aliphatic heterocycles. The number of hydrogen-bond donors (Lipinski definition) is 3. The molecule has 3 N–H and O–H groups in total. The van der Waals surface area contributed by atoms with Crippen molar-refractivity contribution in [2.75, 3.05) is 27.2 Å². The monoisotopic (exact) mass is 479 g/mol. The fraction of sp³-hybridized carbons (Fsp3) is 0.444. The van der Waals surface area contributed by atoms with Crippen molar-refractivity contribution in [1.82, 2.24) is 15.5 Å². The zero-order valence-electron chi connectivity index (χ0n) is 20.3. The topological polar surface area (TPSA) is 108 Å². The van der Waals surface area contributed by atoms with Gasteiger partial charge in [-0.05, 0) is 68.6 Å². The minimum atomic E-state index is -0.945. The molecular formula is C27H33N3O5. The Labute approximate surface area is 205 Å². The third-order valence-corrected chi connectivity index (χ3v) is 7.01. The molecule has 2 aliphatic carbocycles. The second kappa shape index (κ2) is 10.5. The second-order valence-electron chi connectivity index (χ2n) is 9.81. The molecular weight excluding hydrogens is 446 g/mol. The second-order valence-corrected chi connectivity index (χ2v) is 9.81. The summed E-state index contributed by atoms with van der Waals surface area (Å²) < 4.78 is 5.62. The van der Waals surface area contributed by atoms with Gasteiger partial charge in [0.2, 0.25) is 5.91 Å². The van der Waals surface area contributed by atoms with Crippen LogP contribution in [0.5, 0.6) is 0 Å². The summed E-state index contributed by atoms with van der Waals surface area (Å²) in [4.78, 5) is 39.1. The highest BCUT2D eigenvalue weighted by molar-refractivity contribution is 5.87. The first-order valence-corrected chi connectivity index (χ1v) is 12.1. The third kappa shape index (κ3) is 5.65. The normalized spacial score (nSPS) is 16.5. The van der Waals surface area contributed by atoms with Crippen LogP contribution in [0.1, 0.15) is 49.1 Å². The van der Waals surface area contributed by atoms with Gasteiger partial charge in [0.25, 0.3) is 0 Å². The number of carboxylic acids is 1. The van der Waals surface area contributed by atoms with Crippen LogP contribution in [0.4, 0.5) is 4.79 Å². The molecule has 4 rings (SSSR count). The predicted octanol–water partition coefficient (Wildman–Crippen LogP) is 3.36. The van der Waals surface area contributed by atoms with Crippen LogP contribution >= 0.6 is 0 Å². The maximum Gasteiger partial charge on any atom is 0.407 e. The van der Waals surface area contributed by atoms with Crippen LogP contribution in [-0.2, 0) is 14.3 Å². The maximum absolute atomic E-state index is 13.1. The Kier molecular flexibility index (Phi) is 7.40. The highest BCUT2D eigenvalue weighted by Gasteiger charge is 2.41. The smallest absolute Gasteiger partial charge is 0.407 e. The quantitative estimate of drug-likeness (QED) is 0.482. The number of carbonyl (C=O) groups is 3. The summed E-state index contributed by atoms with van der Waals surface area (Å²) in [5, 5.41) is 14.9. The van der Waals surface area contributed by atoms with Gasteiger partial charge in [-0.25, -0.2) is 4.79 Å². The molecule has 0 bridgehead atoms. The summed E-state index contributed by atoms with van der Waals surface area (Å²) in [5.41, 5.74) is 3.78. The largest absolute Gasteiger partial charge is 0.481 e. The molecule has 2 aromatic carbocycles. The molecule has 1 unspecified atom stereocenters. The van der Waals surface area contributed by atoms with Gasteiger partial charge in [0, 0.05) is 5.92 Å². The Morgan fingerprint density at radius 3 is 2.17 bits per heavy atom. The van der Waals surface area contributed by atoms with E-state index in [1.165, 1.54) is 0 Å². The van der Waals surface area contributed by atoms with Crippen LogP contribution in [0.3, 0.4) is 0 Å². The third-order valence-electron chi connectivity index (χ3n) is 7.01. The van der Waals surface area contributed by atoms with Crippen molar-refractivity contribution in [2.45, 2.75) is 49.6 Å². The number of amides is 2. The standard InChI is InChI=1S/C27H33N3O5/c1-30(2)15-12-23(25(33)29-27(13-7-14-27)16-24(31)32)28-26(34)35-17-22-20-10-5-3-8-18(20)19-9-4-6-11-21(19)22/h3-6,8-11,22-23H,7,12-17H2,1-2H3,(H,28,34)(H,29,33)(H,31,32). The summed E-state index contributed by atoms with van der Waals surface area (Å²) in [6.45, 7) is 0.735. The average Bonchev–Trinajstić information content (AvgIpc) is 3.12. The van der Waals surface area contributed by atoms with E-state index in [1.807, 2.05) is 43.3 Å². The van der Waals surface area contributed by atoms with E-state index < -0.39 is 23.6 Å². The number of carboxylic acid groups (broad SMARTS) is 1. The van der Waals surface area contributed by atoms with Crippen molar-refractivity contribution in [3.05, 3.63) is 59.7 Å². The zero-order valence-corrected chi connectivity index (χ0v) is 20.3. The molecule has 1 fully saturated rings. The number of aliphatic carboxylic acids is 1. The Bertz CT molecular complexity index is 1050. The van der Waals surface area contributed by atoms with E-state index in [1.54, 1.807) is 0 Å². The predicted molar refractivity (Wildman–Crippen MR) is 132 cm³/mol. The molecule has 8 nitrogen and oxygen atoms in total. The Hall–Kier alpha value is -3.39. The van der Waals surface area contributed by atoms with Crippen LogP contribution in [0, 0.1) is 0 Å². The Balaban J connectivity index is 1.41. The molecule has 2 aromatic rings. The lowest BCUT2D eigenvalue weighted by Crippen LogP contribution is -2.59.